The van der Waals surface area contributed by atoms with Gasteiger partial charge in [-0.15, -0.1) is 0 Å². The quantitative estimate of drug-likeness (QED) is 0.786. The number of halogens is 3. The van der Waals surface area contributed by atoms with Gasteiger partial charge in [0.1, 0.15) is 11.0 Å². The highest BCUT2D eigenvalue weighted by atomic mass is 35.5. The number of hydrogen-bond acceptors (Lipinski definition) is 3. The Morgan fingerprint density at radius 2 is 2.27 bits per heavy atom. The Balaban J connectivity index is 3.26. The van der Waals surface area contributed by atoms with E-state index in [2.05, 4.69) is 4.98 Å². The fourth-order valence-electron chi connectivity index (χ4n) is 1.10. The summed E-state index contributed by atoms with van der Waals surface area (Å²) in [6, 6.07) is 0.925. The summed E-state index contributed by atoms with van der Waals surface area (Å²) < 4.78 is 25.0. The van der Waals surface area contributed by atoms with Crippen molar-refractivity contribution in [3.8, 4) is 0 Å². The van der Waals surface area contributed by atoms with Gasteiger partial charge in [0.25, 0.3) is 6.43 Å². The van der Waals surface area contributed by atoms with E-state index in [9.17, 15) is 13.6 Å². The van der Waals surface area contributed by atoms with E-state index in [1.54, 1.807) is 0 Å². The normalized spacial score (nSPS) is 10.7. The smallest absolute Gasteiger partial charge is 0.307 e. The highest BCUT2D eigenvalue weighted by Gasteiger charge is 2.19. The number of alkyl halides is 2. The van der Waals surface area contributed by atoms with E-state index < -0.39 is 24.4 Å². The van der Waals surface area contributed by atoms with Gasteiger partial charge in [0.2, 0.25) is 0 Å². The summed E-state index contributed by atoms with van der Waals surface area (Å²) in [5.41, 5.74) is 4.53. The summed E-state index contributed by atoms with van der Waals surface area (Å²) in [5, 5.41) is 8.21. The van der Waals surface area contributed by atoms with E-state index in [0.717, 1.165) is 6.07 Å². The maximum Gasteiger partial charge on any atom is 0.307 e. The van der Waals surface area contributed by atoms with Gasteiger partial charge < -0.3 is 10.8 Å². The van der Waals surface area contributed by atoms with Crippen LogP contribution in [0.25, 0.3) is 0 Å². The number of carboxylic acids is 1. The first kappa shape index (κ1) is 11.6. The van der Waals surface area contributed by atoms with Crippen LogP contribution < -0.4 is 5.73 Å². The second kappa shape index (κ2) is 4.39. The lowest BCUT2D eigenvalue weighted by molar-refractivity contribution is -0.136. The fraction of sp³-hybridized carbons (Fsp3) is 0.250. The van der Waals surface area contributed by atoms with Crippen molar-refractivity contribution in [2.24, 2.45) is 0 Å². The molecule has 0 spiro atoms. The van der Waals surface area contributed by atoms with Crippen LogP contribution in [0.15, 0.2) is 6.07 Å². The lowest BCUT2D eigenvalue weighted by Gasteiger charge is -2.09. The van der Waals surface area contributed by atoms with Crippen molar-refractivity contribution >= 4 is 23.4 Å². The molecule has 1 heterocycles. The highest BCUT2D eigenvalue weighted by Crippen LogP contribution is 2.29. The first-order valence-corrected chi connectivity index (χ1v) is 4.24. The molecule has 0 aliphatic heterocycles. The van der Waals surface area contributed by atoms with Gasteiger partial charge >= 0.3 is 5.97 Å². The Hall–Kier alpha value is -1.43. The van der Waals surface area contributed by atoms with E-state index in [4.69, 9.17) is 22.4 Å². The van der Waals surface area contributed by atoms with Crippen LogP contribution in [0.1, 0.15) is 17.6 Å². The van der Waals surface area contributed by atoms with Crippen LogP contribution in [0.3, 0.4) is 0 Å². The third-order valence-corrected chi connectivity index (χ3v) is 2.00. The minimum absolute atomic E-state index is 0.163. The Kier molecular flexibility index (Phi) is 3.41. The van der Waals surface area contributed by atoms with E-state index in [-0.39, 0.29) is 16.5 Å². The van der Waals surface area contributed by atoms with Gasteiger partial charge in [-0.3, -0.25) is 4.79 Å². The zero-order chi connectivity index (χ0) is 11.6. The minimum atomic E-state index is -2.83. The molecule has 82 valence electrons. The molecule has 0 bridgehead atoms. The van der Waals surface area contributed by atoms with E-state index in [1.165, 1.54) is 0 Å². The molecule has 0 atom stereocenters. The number of pyridine rings is 1. The molecule has 0 saturated heterocycles. The third-order valence-electron chi connectivity index (χ3n) is 1.69. The van der Waals surface area contributed by atoms with Crippen molar-refractivity contribution in [1.29, 1.82) is 0 Å². The molecule has 0 amide bonds. The summed E-state index contributed by atoms with van der Waals surface area (Å²) in [4.78, 5) is 13.9. The SMILES string of the molecule is Nc1cc(C(F)F)c(CC(=O)O)c(Cl)n1. The molecule has 3 N–H and O–H groups in total. The number of rotatable bonds is 3. The van der Waals surface area contributed by atoms with Gasteiger partial charge in [-0.1, -0.05) is 11.6 Å². The maximum absolute atomic E-state index is 12.5. The molecule has 0 aliphatic rings. The second-order valence-electron chi connectivity index (χ2n) is 2.78. The molecule has 0 aromatic carbocycles. The number of hydrogen-bond donors (Lipinski definition) is 2. The lowest BCUT2D eigenvalue weighted by atomic mass is 10.1. The van der Waals surface area contributed by atoms with E-state index in [0.29, 0.717) is 0 Å². The summed E-state index contributed by atoms with van der Waals surface area (Å²) >= 11 is 5.54. The van der Waals surface area contributed by atoms with Crippen LogP contribution in [0, 0.1) is 0 Å². The average Bonchev–Trinajstić information content (AvgIpc) is 2.08. The zero-order valence-corrected chi connectivity index (χ0v) is 8.13. The topological polar surface area (TPSA) is 76.2 Å². The van der Waals surface area contributed by atoms with Crippen LogP contribution in [-0.4, -0.2) is 16.1 Å². The van der Waals surface area contributed by atoms with Crippen molar-refractivity contribution in [2.75, 3.05) is 5.73 Å². The van der Waals surface area contributed by atoms with E-state index >= 15 is 0 Å². The number of aromatic nitrogens is 1. The molecule has 1 aromatic rings. The number of aliphatic carboxylic acids is 1. The molecule has 1 aromatic heterocycles. The lowest BCUT2D eigenvalue weighted by Crippen LogP contribution is -2.07. The predicted octanol–water partition coefficient (Wildman–Crippen LogP) is 1.88. The predicted molar refractivity (Wildman–Crippen MR) is 50.0 cm³/mol. The summed E-state index contributed by atoms with van der Waals surface area (Å²) in [6.07, 6.45) is -3.44. The van der Waals surface area contributed by atoms with Crippen LogP contribution in [0.2, 0.25) is 5.15 Å². The zero-order valence-electron chi connectivity index (χ0n) is 7.38. The summed E-state index contributed by atoms with van der Waals surface area (Å²) in [7, 11) is 0. The largest absolute Gasteiger partial charge is 0.481 e. The minimum Gasteiger partial charge on any atom is -0.481 e. The Morgan fingerprint density at radius 1 is 1.67 bits per heavy atom. The van der Waals surface area contributed by atoms with Gasteiger partial charge in [0, 0.05) is 11.1 Å². The van der Waals surface area contributed by atoms with Crippen molar-refractivity contribution < 1.29 is 18.7 Å². The maximum atomic E-state index is 12.5. The fourth-order valence-corrected chi connectivity index (χ4v) is 1.37. The van der Waals surface area contributed by atoms with Gasteiger partial charge in [0.15, 0.2) is 0 Å². The van der Waals surface area contributed by atoms with Crippen LogP contribution in [0.4, 0.5) is 14.6 Å². The third kappa shape index (κ3) is 2.76. The van der Waals surface area contributed by atoms with Crippen molar-refractivity contribution in [3.05, 3.63) is 22.3 Å². The van der Waals surface area contributed by atoms with Crippen LogP contribution >= 0.6 is 11.6 Å². The van der Waals surface area contributed by atoms with Gasteiger partial charge in [-0.2, -0.15) is 0 Å². The molecular weight excluding hydrogens is 230 g/mol. The molecule has 4 nitrogen and oxygen atoms in total. The number of nitrogens with zero attached hydrogens (tertiary/aromatic N) is 1. The Labute approximate surface area is 88.7 Å². The number of anilines is 1. The van der Waals surface area contributed by atoms with Crippen molar-refractivity contribution in [1.82, 2.24) is 4.98 Å². The molecule has 0 aliphatic carbocycles. The van der Waals surface area contributed by atoms with Crippen LogP contribution in [0.5, 0.6) is 0 Å². The second-order valence-corrected chi connectivity index (χ2v) is 3.13. The Morgan fingerprint density at radius 3 is 2.73 bits per heavy atom. The van der Waals surface area contributed by atoms with Crippen LogP contribution in [-0.2, 0) is 11.2 Å². The number of nitrogen functional groups attached to an aromatic ring is 1. The number of carboxylic acid groups (broad SMARTS) is 1. The number of carbonyl (C=O) groups is 1. The molecule has 0 unspecified atom stereocenters. The van der Waals surface area contributed by atoms with Gasteiger partial charge in [0.05, 0.1) is 6.42 Å². The summed E-state index contributed by atoms with van der Waals surface area (Å²) in [5.74, 6) is -1.42. The monoisotopic (exact) mass is 236 g/mol. The molecule has 0 fully saturated rings. The standard InChI is InChI=1S/C8H7ClF2N2O2/c9-7-3(2-6(14)15)4(8(10)11)1-5(12)13-7/h1,8H,2H2,(H2,12,13)(H,14,15). The molecule has 0 radical (unpaired) electrons. The summed E-state index contributed by atoms with van der Waals surface area (Å²) in [6.45, 7) is 0. The highest BCUT2D eigenvalue weighted by molar-refractivity contribution is 6.30. The molecular formula is C8H7ClF2N2O2. The van der Waals surface area contributed by atoms with Gasteiger partial charge in [-0.25, -0.2) is 13.8 Å². The van der Waals surface area contributed by atoms with E-state index in [1.807, 2.05) is 0 Å². The number of nitrogens with two attached hydrogens (primary N) is 1. The van der Waals surface area contributed by atoms with Gasteiger partial charge in [-0.05, 0) is 6.07 Å². The molecule has 1 rings (SSSR count). The molecule has 15 heavy (non-hydrogen) atoms. The Bertz CT molecular complexity index is 398. The first-order valence-electron chi connectivity index (χ1n) is 3.86. The average molecular weight is 237 g/mol. The van der Waals surface area contributed by atoms with Crippen molar-refractivity contribution in [3.63, 3.8) is 0 Å². The molecule has 7 heteroatoms. The van der Waals surface area contributed by atoms with Crippen molar-refractivity contribution in [2.45, 2.75) is 12.8 Å². The first-order chi connectivity index (χ1) is 6.91. The molecule has 0 saturated carbocycles.